The van der Waals surface area contributed by atoms with E-state index in [4.69, 9.17) is 0 Å². The van der Waals surface area contributed by atoms with Gasteiger partial charge in [-0.15, -0.1) is 0 Å². The molecule has 14 heavy (non-hydrogen) atoms. The lowest BCUT2D eigenvalue weighted by Crippen LogP contribution is -2.42. The molecule has 1 aliphatic heterocycles. The molecule has 1 saturated heterocycles. The normalized spacial score (nSPS) is 22.9. The molecular formula is C10H19F2NO. The van der Waals surface area contributed by atoms with Crippen LogP contribution in [0, 0.1) is 0 Å². The number of hydrogen-bond donors (Lipinski definition) is 1. The van der Waals surface area contributed by atoms with Crippen molar-refractivity contribution in [2.45, 2.75) is 44.1 Å². The van der Waals surface area contributed by atoms with Crippen molar-refractivity contribution >= 4 is 0 Å². The Labute approximate surface area is 83.9 Å². The zero-order valence-electron chi connectivity index (χ0n) is 8.68. The predicted molar refractivity (Wildman–Crippen MR) is 51.5 cm³/mol. The molecule has 0 aromatic heterocycles. The van der Waals surface area contributed by atoms with E-state index in [0.29, 0.717) is 25.7 Å². The van der Waals surface area contributed by atoms with Crippen LogP contribution in [-0.4, -0.2) is 42.2 Å². The number of likely N-dealkylation sites (tertiary alicyclic amines) is 1. The largest absolute Gasteiger partial charge is 0.390 e. The fourth-order valence-corrected chi connectivity index (χ4v) is 1.87. The molecule has 0 aliphatic carbocycles. The Morgan fingerprint density at radius 2 is 1.93 bits per heavy atom. The maximum atomic E-state index is 11.9. The minimum absolute atomic E-state index is 0.0852. The highest BCUT2D eigenvalue weighted by Crippen LogP contribution is 2.27. The lowest BCUT2D eigenvalue weighted by molar-refractivity contribution is -0.0267. The van der Waals surface area contributed by atoms with Gasteiger partial charge in [0.25, 0.3) is 0 Å². The van der Waals surface area contributed by atoms with Crippen molar-refractivity contribution in [1.29, 1.82) is 0 Å². The highest BCUT2D eigenvalue weighted by atomic mass is 19.3. The summed E-state index contributed by atoms with van der Waals surface area (Å²) in [6, 6.07) is 0. The van der Waals surface area contributed by atoms with Gasteiger partial charge in [-0.2, -0.15) is 0 Å². The van der Waals surface area contributed by atoms with Crippen LogP contribution in [0.1, 0.15) is 32.1 Å². The van der Waals surface area contributed by atoms with Crippen LogP contribution in [0.3, 0.4) is 0 Å². The molecule has 0 saturated carbocycles. The van der Waals surface area contributed by atoms with Crippen LogP contribution in [-0.2, 0) is 0 Å². The number of hydrogen-bond acceptors (Lipinski definition) is 2. The molecule has 0 amide bonds. The van der Waals surface area contributed by atoms with Crippen molar-refractivity contribution in [3.8, 4) is 0 Å². The molecule has 0 spiro atoms. The van der Waals surface area contributed by atoms with E-state index in [9.17, 15) is 13.9 Å². The lowest BCUT2D eigenvalue weighted by Gasteiger charge is -2.36. The van der Waals surface area contributed by atoms with E-state index in [2.05, 4.69) is 4.90 Å². The van der Waals surface area contributed by atoms with Crippen LogP contribution in [0.15, 0.2) is 0 Å². The zero-order valence-corrected chi connectivity index (χ0v) is 8.68. The molecule has 1 N–H and O–H groups in total. The number of aliphatic hydroxyl groups is 1. The molecule has 0 unspecified atom stereocenters. The van der Waals surface area contributed by atoms with Gasteiger partial charge >= 0.3 is 0 Å². The van der Waals surface area contributed by atoms with Crippen molar-refractivity contribution in [2.75, 3.05) is 20.1 Å². The number of piperidine rings is 1. The van der Waals surface area contributed by atoms with Gasteiger partial charge in [-0.3, -0.25) is 0 Å². The molecule has 1 fully saturated rings. The molecule has 0 aromatic rings. The molecule has 0 atom stereocenters. The van der Waals surface area contributed by atoms with Crippen LogP contribution in [0.5, 0.6) is 0 Å². The van der Waals surface area contributed by atoms with Crippen molar-refractivity contribution in [1.82, 2.24) is 4.90 Å². The van der Waals surface area contributed by atoms with E-state index >= 15 is 0 Å². The monoisotopic (exact) mass is 207 g/mol. The van der Waals surface area contributed by atoms with Gasteiger partial charge in [0.05, 0.1) is 5.60 Å². The fraction of sp³-hybridized carbons (Fsp3) is 1.00. The smallest absolute Gasteiger partial charge is 0.238 e. The molecule has 0 aromatic carbocycles. The van der Waals surface area contributed by atoms with Crippen LogP contribution in [0.4, 0.5) is 8.78 Å². The maximum absolute atomic E-state index is 11.9. The van der Waals surface area contributed by atoms with Crippen molar-refractivity contribution in [2.24, 2.45) is 0 Å². The Morgan fingerprint density at radius 3 is 2.43 bits per heavy atom. The van der Waals surface area contributed by atoms with Crippen molar-refractivity contribution < 1.29 is 13.9 Å². The number of rotatable bonds is 4. The number of nitrogens with zero attached hydrogens (tertiary/aromatic N) is 1. The van der Waals surface area contributed by atoms with Crippen LogP contribution in [0.2, 0.25) is 0 Å². The average molecular weight is 207 g/mol. The van der Waals surface area contributed by atoms with Gasteiger partial charge in [-0.1, -0.05) is 0 Å². The van der Waals surface area contributed by atoms with Gasteiger partial charge in [0.15, 0.2) is 0 Å². The van der Waals surface area contributed by atoms with Crippen molar-refractivity contribution in [3.63, 3.8) is 0 Å². The summed E-state index contributed by atoms with van der Waals surface area (Å²) in [7, 11) is 2.01. The first-order chi connectivity index (χ1) is 6.52. The molecule has 1 rings (SSSR count). The summed E-state index contributed by atoms with van der Waals surface area (Å²) in [5.74, 6) is 0. The summed E-state index contributed by atoms with van der Waals surface area (Å²) in [4.78, 5) is 2.15. The van der Waals surface area contributed by atoms with E-state index in [1.54, 1.807) is 0 Å². The first kappa shape index (κ1) is 11.9. The maximum Gasteiger partial charge on any atom is 0.238 e. The molecule has 0 bridgehead atoms. The second-order valence-electron chi connectivity index (χ2n) is 4.31. The lowest BCUT2D eigenvalue weighted by atomic mass is 9.87. The fourth-order valence-electron chi connectivity index (χ4n) is 1.87. The van der Waals surface area contributed by atoms with Gasteiger partial charge in [0, 0.05) is 19.5 Å². The summed E-state index contributed by atoms with van der Waals surface area (Å²) in [6.45, 7) is 1.73. The number of halogens is 2. The van der Waals surface area contributed by atoms with Crippen LogP contribution in [0.25, 0.3) is 0 Å². The third-order valence-corrected chi connectivity index (χ3v) is 2.98. The highest BCUT2D eigenvalue weighted by molar-refractivity contribution is 4.84. The summed E-state index contributed by atoms with van der Waals surface area (Å²) < 4.78 is 23.8. The SMILES string of the molecule is CN1CCC(O)(CCCC(F)F)CC1. The Morgan fingerprint density at radius 1 is 1.36 bits per heavy atom. The van der Waals surface area contributed by atoms with Crippen LogP contribution >= 0.6 is 0 Å². The van der Waals surface area contributed by atoms with Crippen molar-refractivity contribution in [3.05, 3.63) is 0 Å². The van der Waals surface area contributed by atoms with E-state index in [1.807, 2.05) is 7.05 Å². The Bertz CT molecular complexity index is 168. The van der Waals surface area contributed by atoms with Gasteiger partial charge in [-0.25, -0.2) is 8.78 Å². The molecule has 4 heteroatoms. The third-order valence-electron chi connectivity index (χ3n) is 2.98. The van der Waals surface area contributed by atoms with E-state index in [-0.39, 0.29) is 6.42 Å². The molecule has 84 valence electrons. The summed E-state index contributed by atoms with van der Waals surface area (Å²) in [6.07, 6.45) is 0.0607. The van der Waals surface area contributed by atoms with E-state index in [0.717, 1.165) is 13.1 Å². The standard InChI is InChI=1S/C10H19F2NO/c1-13-7-5-10(14,6-8-13)4-2-3-9(11)12/h9,14H,2-8H2,1H3. The molecule has 1 heterocycles. The van der Waals surface area contributed by atoms with Gasteiger partial charge in [0.2, 0.25) is 6.43 Å². The molecule has 1 aliphatic rings. The minimum atomic E-state index is -2.23. The second-order valence-corrected chi connectivity index (χ2v) is 4.31. The molecule has 2 nitrogen and oxygen atoms in total. The predicted octanol–water partition coefficient (Wildman–Crippen LogP) is 1.88. The van der Waals surface area contributed by atoms with Crippen LogP contribution < -0.4 is 0 Å². The third kappa shape index (κ3) is 3.88. The minimum Gasteiger partial charge on any atom is -0.390 e. The quantitative estimate of drug-likeness (QED) is 0.760. The Kier molecular flexibility index (Phi) is 4.26. The summed E-state index contributed by atoms with van der Waals surface area (Å²) in [5.41, 5.74) is -0.679. The average Bonchev–Trinajstić information content (AvgIpc) is 2.10. The van der Waals surface area contributed by atoms with E-state index in [1.165, 1.54) is 0 Å². The molecular weight excluding hydrogens is 188 g/mol. The first-order valence-electron chi connectivity index (χ1n) is 5.21. The zero-order chi connectivity index (χ0) is 10.6. The topological polar surface area (TPSA) is 23.5 Å². The van der Waals surface area contributed by atoms with Gasteiger partial charge < -0.3 is 10.0 Å². The summed E-state index contributed by atoms with van der Waals surface area (Å²) >= 11 is 0. The second kappa shape index (κ2) is 5.03. The summed E-state index contributed by atoms with van der Waals surface area (Å²) in [5, 5.41) is 10.0. The first-order valence-corrected chi connectivity index (χ1v) is 5.21. The van der Waals surface area contributed by atoms with Gasteiger partial charge in [0.1, 0.15) is 0 Å². The van der Waals surface area contributed by atoms with Gasteiger partial charge in [-0.05, 0) is 32.7 Å². The highest BCUT2D eigenvalue weighted by Gasteiger charge is 2.30. The Balaban J connectivity index is 2.21. The van der Waals surface area contributed by atoms with E-state index < -0.39 is 12.0 Å². The Hall–Kier alpha value is -0.220. The number of alkyl halides is 2. The molecule has 0 radical (unpaired) electrons.